The van der Waals surface area contributed by atoms with E-state index < -0.39 is 0 Å². The first-order chi connectivity index (χ1) is 8.58. The number of allylic oxidation sites excluding steroid dienone is 3. The van der Waals surface area contributed by atoms with Crippen molar-refractivity contribution < 1.29 is 14.3 Å². The Bertz CT molecular complexity index is 489. The van der Waals surface area contributed by atoms with Gasteiger partial charge >= 0.3 is 0 Å². The van der Waals surface area contributed by atoms with Gasteiger partial charge in [0.2, 0.25) is 0 Å². The third-order valence-corrected chi connectivity index (χ3v) is 4.05. The second kappa shape index (κ2) is 3.97. The Labute approximate surface area is 106 Å². The molecule has 0 unspecified atom stereocenters. The molecule has 1 aliphatic carbocycles. The van der Waals surface area contributed by atoms with Crippen molar-refractivity contribution >= 4 is 11.6 Å². The van der Waals surface area contributed by atoms with Crippen LogP contribution in [-0.4, -0.2) is 29.7 Å². The van der Waals surface area contributed by atoms with Gasteiger partial charge in [-0.1, -0.05) is 0 Å². The van der Waals surface area contributed by atoms with Crippen molar-refractivity contribution in [1.82, 2.24) is 4.90 Å². The van der Waals surface area contributed by atoms with Gasteiger partial charge in [0.15, 0.2) is 17.8 Å². The Kier molecular flexibility index (Phi) is 2.54. The van der Waals surface area contributed by atoms with E-state index >= 15 is 0 Å². The van der Waals surface area contributed by atoms with Crippen molar-refractivity contribution in [1.29, 1.82) is 0 Å². The zero-order valence-electron chi connectivity index (χ0n) is 10.7. The number of hydrogen-bond acceptors (Lipinski definition) is 4. The fourth-order valence-corrected chi connectivity index (χ4v) is 3.14. The van der Waals surface area contributed by atoms with Gasteiger partial charge in [-0.25, -0.2) is 0 Å². The molecule has 0 saturated carbocycles. The van der Waals surface area contributed by atoms with Crippen LogP contribution in [0.4, 0.5) is 0 Å². The molecule has 0 spiro atoms. The highest BCUT2D eigenvalue weighted by Gasteiger charge is 2.42. The van der Waals surface area contributed by atoms with Gasteiger partial charge in [-0.3, -0.25) is 9.59 Å². The molecule has 0 aromatic rings. The van der Waals surface area contributed by atoms with Gasteiger partial charge in [0.05, 0.1) is 0 Å². The van der Waals surface area contributed by atoms with E-state index in [-0.39, 0.29) is 23.7 Å². The lowest BCUT2D eigenvalue weighted by Gasteiger charge is -2.43. The Morgan fingerprint density at radius 3 is 2.94 bits per heavy atom. The van der Waals surface area contributed by atoms with Crippen LogP contribution in [0.3, 0.4) is 0 Å². The molecule has 4 heteroatoms. The number of ether oxygens (including phenoxy) is 1. The third kappa shape index (κ3) is 1.59. The van der Waals surface area contributed by atoms with Crippen molar-refractivity contribution in [3.05, 3.63) is 23.1 Å². The normalized spacial score (nSPS) is 30.7. The predicted octanol–water partition coefficient (Wildman–Crippen LogP) is 1.77. The minimum absolute atomic E-state index is 0.0252. The second-order valence-electron chi connectivity index (χ2n) is 5.28. The van der Waals surface area contributed by atoms with E-state index in [9.17, 15) is 9.59 Å². The van der Waals surface area contributed by atoms with Crippen LogP contribution in [0.2, 0.25) is 0 Å². The number of ketones is 2. The number of rotatable bonds is 1. The quantitative estimate of drug-likeness (QED) is 0.708. The molecule has 0 aromatic carbocycles. The van der Waals surface area contributed by atoms with E-state index in [1.165, 1.54) is 0 Å². The lowest BCUT2D eigenvalue weighted by Crippen LogP contribution is -2.44. The standard InChI is InChI=1S/C14H17NO3/c1-8(16)10-7-15(2)13-6-9(10)14-11(17)4-3-5-12(14)18-13/h7,9,13H,3-6H2,1-2H3/t9-,13+/m0/s1. The van der Waals surface area contributed by atoms with Crippen molar-refractivity contribution in [3.8, 4) is 0 Å². The number of Topliss-reactive ketones (excluding diaryl/α,β-unsaturated/α-hetero) is 2. The van der Waals surface area contributed by atoms with Gasteiger partial charge in [-0.2, -0.15) is 0 Å². The first-order valence-electron chi connectivity index (χ1n) is 6.45. The first-order valence-corrected chi connectivity index (χ1v) is 6.45. The molecular formula is C14H17NO3. The Morgan fingerprint density at radius 1 is 1.44 bits per heavy atom. The summed E-state index contributed by atoms with van der Waals surface area (Å²) < 4.78 is 5.90. The van der Waals surface area contributed by atoms with E-state index in [1.54, 1.807) is 6.92 Å². The van der Waals surface area contributed by atoms with Crippen LogP contribution in [-0.2, 0) is 14.3 Å². The van der Waals surface area contributed by atoms with Crippen LogP contribution < -0.4 is 0 Å². The molecule has 0 N–H and O–H groups in total. The van der Waals surface area contributed by atoms with E-state index in [1.807, 2.05) is 18.1 Å². The van der Waals surface area contributed by atoms with Gasteiger partial charge < -0.3 is 9.64 Å². The van der Waals surface area contributed by atoms with Gasteiger partial charge in [0, 0.05) is 49.6 Å². The van der Waals surface area contributed by atoms with Crippen LogP contribution in [0.15, 0.2) is 23.1 Å². The maximum Gasteiger partial charge on any atom is 0.172 e. The molecule has 0 fully saturated rings. The molecule has 4 nitrogen and oxygen atoms in total. The molecule has 3 rings (SSSR count). The minimum Gasteiger partial charge on any atom is -0.474 e. The minimum atomic E-state index is -0.0414. The van der Waals surface area contributed by atoms with E-state index in [0.717, 1.165) is 29.7 Å². The fraction of sp³-hybridized carbons (Fsp3) is 0.571. The maximum absolute atomic E-state index is 12.1. The summed E-state index contributed by atoms with van der Waals surface area (Å²) in [4.78, 5) is 25.8. The molecule has 18 heavy (non-hydrogen) atoms. The Balaban J connectivity index is 2.08. The topological polar surface area (TPSA) is 46.6 Å². The Morgan fingerprint density at radius 2 is 2.22 bits per heavy atom. The summed E-state index contributed by atoms with van der Waals surface area (Å²) in [6, 6.07) is 0. The molecule has 2 atom stereocenters. The van der Waals surface area contributed by atoms with Gasteiger partial charge in [0.1, 0.15) is 5.76 Å². The highest BCUT2D eigenvalue weighted by atomic mass is 16.5. The predicted molar refractivity (Wildman–Crippen MR) is 65.4 cm³/mol. The molecule has 3 aliphatic rings. The van der Waals surface area contributed by atoms with Crippen molar-refractivity contribution in [2.75, 3.05) is 7.05 Å². The molecule has 0 aromatic heterocycles. The van der Waals surface area contributed by atoms with Crippen molar-refractivity contribution in [3.63, 3.8) is 0 Å². The maximum atomic E-state index is 12.1. The van der Waals surface area contributed by atoms with Crippen LogP contribution in [0.25, 0.3) is 0 Å². The number of fused-ring (bicyclic) bond motifs is 3. The average Bonchev–Trinajstić information content (AvgIpc) is 2.33. The molecule has 2 aliphatic heterocycles. The molecule has 0 radical (unpaired) electrons. The fourth-order valence-electron chi connectivity index (χ4n) is 3.14. The van der Waals surface area contributed by atoms with Crippen molar-refractivity contribution in [2.24, 2.45) is 5.92 Å². The monoisotopic (exact) mass is 247 g/mol. The molecule has 96 valence electrons. The van der Waals surface area contributed by atoms with E-state index in [0.29, 0.717) is 12.8 Å². The van der Waals surface area contributed by atoms with E-state index in [2.05, 4.69) is 0 Å². The summed E-state index contributed by atoms with van der Waals surface area (Å²) in [5.74, 6) is 1.00. The average molecular weight is 247 g/mol. The number of hydrogen-bond donors (Lipinski definition) is 0. The summed E-state index contributed by atoms with van der Waals surface area (Å²) in [5, 5.41) is 0. The third-order valence-electron chi connectivity index (χ3n) is 4.05. The van der Waals surface area contributed by atoms with Gasteiger partial charge in [0.25, 0.3) is 0 Å². The molecule has 2 heterocycles. The zero-order valence-corrected chi connectivity index (χ0v) is 10.7. The molecule has 2 bridgehead atoms. The number of carbonyl (C=O) groups is 2. The number of carbonyl (C=O) groups excluding carboxylic acids is 2. The summed E-state index contributed by atoms with van der Waals surface area (Å²) in [5.41, 5.74) is 1.52. The SMILES string of the molecule is CC(=O)C1=CN(C)[C@H]2C[C@@H]1C1=C(CCCC1=O)O2. The molecule has 0 amide bonds. The largest absolute Gasteiger partial charge is 0.474 e. The van der Waals surface area contributed by atoms with Crippen LogP contribution >= 0.6 is 0 Å². The highest BCUT2D eigenvalue weighted by Crippen LogP contribution is 2.43. The van der Waals surface area contributed by atoms with E-state index in [4.69, 9.17) is 4.74 Å². The van der Waals surface area contributed by atoms with Crippen LogP contribution in [0, 0.1) is 5.92 Å². The van der Waals surface area contributed by atoms with Crippen molar-refractivity contribution in [2.45, 2.75) is 38.8 Å². The van der Waals surface area contributed by atoms with Gasteiger partial charge in [-0.05, 0) is 13.3 Å². The van der Waals surface area contributed by atoms with Crippen LogP contribution in [0.5, 0.6) is 0 Å². The lowest BCUT2D eigenvalue weighted by atomic mass is 9.76. The smallest absolute Gasteiger partial charge is 0.172 e. The second-order valence-corrected chi connectivity index (χ2v) is 5.28. The summed E-state index contributed by atoms with van der Waals surface area (Å²) in [6.45, 7) is 1.57. The van der Waals surface area contributed by atoms with Gasteiger partial charge in [-0.15, -0.1) is 0 Å². The molecule has 0 saturated heterocycles. The number of nitrogens with zero attached hydrogens (tertiary/aromatic N) is 1. The summed E-state index contributed by atoms with van der Waals surface area (Å²) in [7, 11) is 1.92. The Hall–Kier alpha value is -1.58. The molecular weight excluding hydrogens is 230 g/mol. The zero-order chi connectivity index (χ0) is 12.9. The lowest BCUT2D eigenvalue weighted by molar-refractivity contribution is -0.119. The summed E-state index contributed by atoms with van der Waals surface area (Å²) >= 11 is 0. The summed E-state index contributed by atoms with van der Waals surface area (Å²) in [6.07, 6.45) is 4.80. The first kappa shape index (κ1) is 11.5. The highest BCUT2D eigenvalue weighted by molar-refractivity contribution is 6.02. The van der Waals surface area contributed by atoms with Crippen LogP contribution in [0.1, 0.15) is 32.6 Å².